The van der Waals surface area contributed by atoms with Crippen molar-refractivity contribution in [3.8, 4) is 5.75 Å². The maximum atomic E-state index is 12.8. The number of aryl methyl sites for hydroxylation is 1. The molecule has 0 amide bonds. The molecule has 0 unspecified atom stereocenters. The van der Waals surface area contributed by atoms with Gasteiger partial charge < -0.3 is 15.4 Å². The highest BCUT2D eigenvalue weighted by atomic mass is 32.1. The van der Waals surface area contributed by atoms with Gasteiger partial charge in [-0.2, -0.15) is 0 Å². The molecule has 1 heterocycles. The molecule has 1 aromatic carbocycles. The molecule has 0 radical (unpaired) electrons. The molecular weight excluding hydrogens is 327 g/mol. The highest BCUT2D eigenvalue weighted by molar-refractivity contribution is 7.09. The van der Waals surface area contributed by atoms with E-state index in [0.717, 1.165) is 42.6 Å². The minimum Gasteiger partial charge on any atom is -0.494 e. The fourth-order valence-electron chi connectivity index (χ4n) is 2.05. The van der Waals surface area contributed by atoms with Crippen molar-refractivity contribution < 1.29 is 9.13 Å². The third kappa shape index (κ3) is 6.54. The number of aliphatic imine (C=N–C) groups is 1. The smallest absolute Gasteiger partial charge is 0.190 e. The van der Waals surface area contributed by atoms with Crippen molar-refractivity contribution in [2.75, 3.05) is 26.7 Å². The van der Waals surface area contributed by atoms with Crippen LogP contribution in [-0.2, 0) is 6.42 Å². The summed E-state index contributed by atoms with van der Waals surface area (Å²) in [5.41, 5.74) is 1.10. The average molecular weight is 350 g/mol. The summed E-state index contributed by atoms with van der Waals surface area (Å²) in [6, 6.07) is 6.04. The maximum absolute atomic E-state index is 12.8. The van der Waals surface area contributed by atoms with Gasteiger partial charge in [0.05, 0.1) is 17.3 Å². The van der Waals surface area contributed by atoms with Gasteiger partial charge in [-0.15, -0.1) is 11.3 Å². The van der Waals surface area contributed by atoms with Crippen LogP contribution in [-0.4, -0.2) is 37.7 Å². The third-order valence-electron chi connectivity index (χ3n) is 3.26. The molecule has 0 atom stereocenters. The summed E-state index contributed by atoms with van der Waals surface area (Å²) in [4.78, 5) is 8.62. The summed E-state index contributed by atoms with van der Waals surface area (Å²) in [7, 11) is 1.75. The number of hydrogen-bond donors (Lipinski definition) is 2. The molecule has 5 nitrogen and oxygen atoms in total. The number of nitrogens with zero attached hydrogens (tertiary/aromatic N) is 2. The summed E-state index contributed by atoms with van der Waals surface area (Å²) in [6.45, 7) is 4.11. The highest BCUT2D eigenvalue weighted by Gasteiger charge is 2.01. The van der Waals surface area contributed by atoms with E-state index in [2.05, 4.69) is 26.0 Å². The Labute approximate surface area is 146 Å². The zero-order valence-electron chi connectivity index (χ0n) is 14.0. The summed E-state index contributed by atoms with van der Waals surface area (Å²) in [5, 5.41) is 9.68. The second-order valence-corrected chi connectivity index (χ2v) is 6.25. The Morgan fingerprint density at radius 3 is 2.67 bits per heavy atom. The van der Waals surface area contributed by atoms with E-state index in [1.807, 2.05) is 6.92 Å². The van der Waals surface area contributed by atoms with Crippen molar-refractivity contribution in [3.63, 3.8) is 0 Å². The Morgan fingerprint density at radius 2 is 2.00 bits per heavy atom. The summed E-state index contributed by atoms with van der Waals surface area (Å²) in [6.07, 6.45) is 1.70. The van der Waals surface area contributed by atoms with E-state index in [1.165, 1.54) is 12.1 Å². The zero-order chi connectivity index (χ0) is 17.2. The molecule has 0 spiro atoms. The first-order valence-electron chi connectivity index (χ1n) is 7.91. The minimum absolute atomic E-state index is 0.258. The van der Waals surface area contributed by atoms with Gasteiger partial charge in [0, 0.05) is 31.9 Å². The summed E-state index contributed by atoms with van der Waals surface area (Å²) in [5.74, 6) is 1.19. The van der Waals surface area contributed by atoms with Crippen molar-refractivity contribution in [2.24, 2.45) is 4.99 Å². The molecule has 24 heavy (non-hydrogen) atoms. The van der Waals surface area contributed by atoms with Gasteiger partial charge in [-0.1, -0.05) is 0 Å². The van der Waals surface area contributed by atoms with Crippen LogP contribution >= 0.6 is 11.3 Å². The van der Waals surface area contributed by atoms with Crippen molar-refractivity contribution in [1.29, 1.82) is 0 Å². The Balaban J connectivity index is 1.57. The number of rotatable bonds is 8. The Kier molecular flexibility index (Phi) is 7.48. The molecule has 7 heteroatoms. The predicted octanol–water partition coefficient (Wildman–Crippen LogP) is 2.77. The Hall–Kier alpha value is -2.15. The Morgan fingerprint density at radius 1 is 1.25 bits per heavy atom. The molecule has 0 aliphatic carbocycles. The molecule has 2 aromatic rings. The number of aromatic nitrogens is 1. The molecular formula is C17H23FN4OS. The third-order valence-corrected chi connectivity index (χ3v) is 4.08. The first-order valence-corrected chi connectivity index (χ1v) is 8.79. The van der Waals surface area contributed by atoms with Gasteiger partial charge in [-0.25, -0.2) is 9.37 Å². The fraction of sp³-hybridized carbons (Fsp3) is 0.412. The number of ether oxygens (including phenoxy) is 1. The maximum Gasteiger partial charge on any atom is 0.190 e. The fourth-order valence-corrected chi connectivity index (χ4v) is 2.70. The van der Waals surface area contributed by atoms with Crippen LogP contribution in [0.4, 0.5) is 4.39 Å². The number of nitrogens with one attached hydrogen (secondary N) is 2. The zero-order valence-corrected chi connectivity index (χ0v) is 14.8. The number of benzene rings is 1. The number of hydrogen-bond acceptors (Lipinski definition) is 4. The van der Waals surface area contributed by atoms with Crippen LogP contribution in [0.15, 0.2) is 34.6 Å². The average Bonchev–Trinajstić information content (AvgIpc) is 3.00. The van der Waals surface area contributed by atoms with Gasteiger partial charge >= 0.3 is 0 Å². The van der Waals surface area contributed by atoms with Gasteiger partial charge in [0.1, 0.15) is 11.6 Å². The summed E-state index contributed by atoms with van der Waals surface area (Å²) < 4.78 is 18.3. The lowest BCUT2D eigenvalue weighted by molar-refractivity contribution is 0.310. The van der Waals surface area contributed by atoms with E-state index < -0.39 is 0 Å². The van der Waals surface area contributed by atoms with Crippen LogP contribution in [0.2, 0.25) is 0 Å². The number of thiazole rings is 1. The SMILES string of the molecule is CN=C(NCCCOc1ccc(F)cc1)NCCc1csc(C)n1. The molecule has 2 rings (SSSR count). The molecule has 0 saturated heterocycles. The van der Waals surface area contributed by atoms with E-state index in [-0.39, 0.29) is 5.82 Å². The summed E-state index contributed by atoms with van der Waals surface area (Å²) >= 11 is 1.67. The lowest BCUT2D eigenvalue weighted by Crippen LogP contribution is -2.39. The lowest BCUT2D eigenvalue weighted by Gasteiger charge is -2.11. The highest BCUT2D eigenvalue weighted by Crippen LogP contribution is 2.11. The van der Waals surface area contributed by atoms with Gasteiger partial charge in [0.15, 0.2) is 5.96 Å². The second kappa shape index (κ2) is 9.87. The minimum atomic E-state index is -0.258. The van der Waals surface area contributed by atoms with E-state index in [1.54, 1.807) is 30.5 Å². The standard InChI is InChI=1S/C17H23FN4OS/c1-13-22-15(12-24-13)8-10-21-17(19-2)20-9-3-11-23-16-6-4-14(18)5-7-16/h4-7,12H,3,8-11H2,1-2H3,(H2,19,20,21). The van der Waals surface area contributed by atoms with E-state index >= 15 is 0 Å². The van der Waals surface area contributed by atoms with Crippen LogP contribution < -0.4 is 15.4 Å². The number of halogens is 1. The van der Waals surface area contributed by atoms with E-state index in [4.69, 9.17) is 4.74 Å². The largest absolute Gasteiger partial charge is 0.494 e. The normalized spacial score (nSPS) is 11.4. The van der Waals surface area contributed by atoms with Gasteiger partial charge in [-0.3, -0.25) is 4.99 Å². The first kappa shape index (κ1) is 18.2. The second-order valence-electron chi connectivity index (χ2n) is 5.19. The topological polar surface area (TPSA) is 58.5 Å². The van der Waals surface area contributed by atoms with Gasteiger partial charge in [0.2, 0.25) is 0 Å². The van der Waals surface area contributed by atoms with Crippen LogP contribution in [0.3, 0.4) is 0 Å². The first-order chi connectivity index (χ1) is 11.7. The molecule has 0 bridgehead atoms. The lowest BCUT2D eigenvalue weighted by atomic mass is 10.3. The molecule has 130 valence electrons. The van der Waals surface area contributed by atoms with Crippen molar-refractivity contribution in [1.82, 2.24) is 15.6 Å². The molecule has 0 aliphatic heterocycles. The predicted molar refractivity (Wildman–Crippen MR) is 96.4 cm³/mol. The van der Waals surface area contributed by atoms with Crippen molar-refractivity contribution in [2.45, 2.75) is 19.8 Å². The van der Waals surface area contributed by atoms with E-state index in [9.17, 15) is 4.39 Å². The molecule has 0 aliphatic rings. The Bertz CT molecular complexity index is 642. The number of guanidine groups is 1. The molecule has 1 aromatic heterocycles. The van der Waals surface area contributed by atoms with Crippen LogP contribution in [0.5, 0.6) is 5.75 Å². The van der Waals surface area contributed by atoms with Crippen LogP contribution in [0.25, 0.3) is 0 Å². The molecule has 2 N–H and O–H groups in total. The van der Waals surface area contributed by atoms with Gasteiger partial charge in [0.25, 0.3) is 0 Å². The monoisotopic (exact) mass is 350 g/mol. The molecule has 0 fully saturated rings. The van der Waals surface area contributed by atoms with Crippen molar-refractivity contribution in [3.05, 3.63) is 46.2 Å². The molecule has 0 saturated carbocycles. The van der Waals surface area contributed by atoms with Crippen LogP contribution in [0, 0.1) is 12.7 Å². The van der Waals surface area contributed by atoms with Crippen LogP contribution in [0.1, 0.15) is 17.1 Å². The quantitative estimate of drug-likeness (QED) is 0.437. The van der Waals surface area contributed by atoms with Crippen molar-refractivity contribution >= 4 is 17.3 Å². The van der Waals surface area contributed by atoms with E-state index in [0.29, 0.717) is 12.4 Å². The van der Waals surface area contributed by atoms with Gasteiger partial charge in [-0.05, 0) is 37.6 Å².